The smallest absolute Gasteiger partial charge is 0.261 e. The van der Waals surface area contributed by atoms with Crippen molar-refractivity contribution in [3.05, 3.63) is 71.3 Å². The third kappa shape index (κ3) is 5.23. The van der Waals surface area contributed by atoms with Crippen molar-refractivity contribution in [3.63, 3.8) is 0 Å². The van der Waals surface area contributed by atoms with Crippen molar-refractivity contribution in [1.82, 2.24) is 5.32 Å². The van der Waals surface area contributed by atoms with Gasteiger partial charge in [-0.3, -0.25) is 9.52 Å². The molecule has 2 aromatic carbocycles. The van der Waals surface area contributed by atoms with E-state index in [1.165, 1.54) is 30.5 Å². The number of aryl methyl sites for hydroxylation is 1. The fraction of sp³-hybridized carbons (Fsp3) is 0.318. The number of anilines is 1. The molecule has 0 bridgehead atoms. The summed E-state index contributed by atoms with van der Waals surface area (Å²) in [6.07, 6.45) is 7.80. The zero-order valence-electron chi connectivity index (χ0n) is 16.1. The summed E-state index contributed by atoms with van der Waals surface area (Å²) in [7, 11) is -3.77. The minimum Gasteiger partial charge on any atom is -0.352 e. The van der Waals surface area contributed by atoms with Gasteiger partial charge in [0.15, 0.2) is 0 Å². The first-order valence-corrected chi connectivity index (χ1v) is 11.1. The Bertz CT molecular complexity index is 981. The van der Waals surface area contributed by atoms with Gasteiger partial charge in [-0.05, 0) is 68.9 Å². The van der Waals surface area contributed by atoms with Crippen LogP contribution in [0.4, 0.5) is 5.69 Å². The van der Waals surface area contributed by atoms with Gasteiger partial charge < -0.3 is 5.32 Å². The highest BCUT2D eigenvalue weighted by atomic mass is 32.2. The molecule has 148 valence electrons. The van der Waals surface area contributed by atoms with Gasteiger partial charge in [0.05, 0.1) is 10.6 Å². The van der Waals surface area contributed by atoms with Gasteiger partial charge in [0, 0.05) is 12.1 Å². The Kier molecular flexibility index (Phi) is 6.52. The molecule has 3 rings (SSSR count). The van der Waals surface area contributed by atoms with Crippen LogP contribution in [0.2, 0.25) is 0 Å². The Labute approximate surface area is 166 Å². The maximum Gasteiger partial charge on any atom is 0.261 e. The van der Waals surface area contributed by atoms with Gasteiger partial charge in [0.25, 0.3) is 15.9 Å². The second-order valence-electron chi connectivity index (χ2n) is 7.06. The van der Waals surface area contributed by atoms with Crippen molar-refractivity contribution < 1.29 is 13.2 Å². The van der Waals surface area contributed by atoms with Gasteiger partial charge in [0.2, 0.25) is 0 Å². The molecule has 0 fully saturated rings. The number of para-hydroxylation sites is 1. The Morgan fingerprint density at radius 3 is 2.64 bits per heavy atom. The van der Waals surface area contributed by atoms with Gasteiger partial charge in [-0.25, -0.2) is 8.42 Å². The van der Waals surface area contributed by atoms with Crippen LogP contribution in [-0.2, 0) is 10.0 Å². The van der Waals surface area contributed by atoms with Crippen molar-refractivity contribution >= 4 is 21.6 Å². The van der Waals surface area contributed by atoms with Crippen LogP contribution >= 0.6 is 0 Å². The quantitative estimate of drug-likeness (QED) is 0.678. The van der Waals surface area contributed by atoms with E-state index in [1.807, 2.05) is 19.1 Å². The molecule has 1 amide bonds. The number of amides is 1. The van der Waals surface area contributed by atoms with Gasteiger partial charge >= 0.3 is 0 Å². The highest BCUT2D eigenvalue weighted by Gasteiger charge is 2.17. The van der Waals surface area contributed by atoms with Crippen LogP contribution in [0.5, 0.6) is 0 Å². The van der Waals surface area contributed by atoms with Crippen molar-refractivity contribution in [3.8, 4) is 0 Å². The van der Waals surface area contributed by atoms with Crippen LogP contribution in [0.3, 0.4) is 0 Å². The van der Waals surface area contributed by atoms with E-state index in [0.717, 1.165) is 24.8 Å². The zero-order chi connectivity index (χ0) is 20.0. The zero-order valence-corrected chi connectivity index (χ0v) is 16.9. The van der Waals surface area contributed by atoms with Crippen molar-refractivity contribution in [2.45, 2.75) is 43.9 Å². The SMILES string of the molecule is Cc1ccccc1NS(=O)(=O)c1cccc(C(=O)NCCC2=CCCCC2)c1. The normalized spacial score (nSPS) is 14.2. The molecule has 0 saturated heterocycles. The summed E-state index contributed by atoms with van der Waals surface area (Å²) in [6.45, 7) is 2.40. The first-order valence-electron chi connectivity index (χ1n) is 9.60. The van der Waals surface area contributed by atoms with Gasteiger partial charge in [0.1, 0.15) is 0 Å². The molecule has 0 radical (unpaired) electrons. The number of benzene rings is 2. The third-order valence-corrected chi connectivity index (χ3v) is 6.28. The first kappa shape index (κ1) is 20.1. The maximum absolute atomic E-state index is 12.7. The Balaban J connectivity index is 1.66. The van der Waals surface area contributed by atoms with E-state index in [1.54, 1.807) is 24.3 Å². The van der Waals surface area contributed by atoms with E-state index in [2.05, 4.69) is 16.1 Å². The molecule has 0 unspecified atom stereocenters. The molecule has 2 N–H and O–H groups in total. The predicted octanol–water partition coefficient (Wildman–Crippen LogP) is 4.42. The van der Waals surface area contributed by atoms with E-state index >= 15 is 0 Å². The highest BCUT2D eigenvalue weighted by Crippen LogP contribution is 2.21. The molecule has 0 aliphatic heterocycles. The molecule has 2 aromatic rings. The number of hydrogen-bond donors (Lipinski definition) is 2. The van der Waals surface area contributed by atoms with Crippen molar-refractivity contribution in [1.29, 1.82) is 0 Å². The lowest BCUT2D eigenvalue weighted by atomic mass is 9.97. The molecule has 5 nitrogen and oxygen atoms in total. The monoisotopic (exact) mass is 398 g/mol. The average Bonchev–Trinajstić information content (AvgIpc) is 2.70. The molecule has 0 atom stereocenters. The minimum absolute atomic E-state index is 0.0680. The summed E-state index contributed by atoms with van der Waals surface area (Å²) in [5.74, 6) is -0.260. The van der Waals surface area contributed by atoms with E-state index < -0.39 is 10.0 Å². The molecule has 1 aliphatic rings. The first-order chi connectivity index (χ1) is 13.5. The van der Waals surface area contributed by atoms with Crippen LogP contribution < -0.4 is 10.0 Å². The second-order valence-corrected chi connectivity index (χ2v) is 8.74. The second kappa shape index (κ2) is 9.06. The van der Waals surface area contributed by atoms with E-state index in [4.69, 9.17) is 0 Å². The van der Waals surface area contributed by atoms with Gasteiger partial charge in [-0.2, -0.15) is 0 Å². The Morgan fingerprint density at radius 2 is 1.89 bits per heavy atom. The number of carbonyl (C=O) groups excluding carboxylic acids is 1. The molecular formula is C22H26N2O3S. The summed E-state index contributed by atoms with van der Waals surface area (Å²) in [4.78, 5) is 12.5. The molecule has 0 heterocycles. The molecular weight excluding hydrogens is 372 g/mol. The summed E-state index contributed by atoms with van der Waals surface area (Å²) in [6, 6.07) is 13.3. The van der Waals surface area contributed by atoms with Crippen LogP contribution in [-0.4, -0.2) is 20.9 Å². The van der Waals surface area contributed by atoms with Crippen LogP contribution in [0.1, 0.15) is 48.0 Å². The number of sulfonamides is 1. The standard InChI is InChI=1S/C22H26N2O3S/c1-17-8-5-6-13-21(17)24-28(26,27)20-12-7-11-19(16-20)22(25)23-15-14-18-9-3-2-4-10-18/h5-9,11-13,16,24H,2-4,10,14-15H2,1H3,(H,23,25). The van der Waals surface area contributed by atoms with Crippen molar-refractivity contribution in [2.24, 2.45) is 0 Å². The lowest BCUT2D eigenvalue weighted by Crippen LogP contribution is -2.25. The summed E-state index contributed by atoms with van der Waals surface area (Å²) in [5.41, 5.74) is 3.09. The van der Waals surface area contributed by atoms with Crippen molar-refractivity contribution in [2.75, 3.05) is 11.3 Å². The molecule has 0 aromatic heterocycles. The summed E-state index contributed by atoms with van der Waals surface area (Å²) < 4.78 is 28.0. The van der Waals surface area contributed by atoms with Crippen LogP contribution in [0.15, 0.2) is 65.1 Å². The van der Waals surface area contributed by atoms with E-state index in [0.29, 0.717) is 17.8 Å². The Hall–Kier alpha value is -2.60. The molecule has 0 spiro atoms. The summed E-state index contributed by atoms with van der Waals surface area (Å²) >= 11 is 0. The number of hydrogen-bond acceptors (Lipinski definition) is 3. The fourth-order valence-electron chi connectivity index (χ4n) is 3.27. The van der Waals surface area contributed by atoms with E-state index in [9.17, 15) is 13.2 Å². The lowest BCUT2D eigenvalue weighted by Gasteiger charge is -2.13. The molecule has 28 heavy (non-hydrogen) atoms. The van der Waals surface area contributed by atoms with E-state index in [-0.39, 0.29) is 10.8 Å². The highest BCUT2D eigenvalue weighted by molar-refractivity contribution is 7.92. The third-order valence-electron chi connectivity index (χ3n) is 4.91. The number of nitrogens with one attached hydrogen (secondary N) is 2. The Morgan fingerprint density at radius 1 is 1.07 bits per heavy atom. The molecule has 0 saturated carbocycles. The summed E-state index contributed by atoms with van der Waals surface area (Å²) in [5, 5.41) is 2.89. The predicted molar refractivity (Wildman–Crippen MR) is 112 cm³/mol. The van der Waals surface area contributed by atoms with Gasteiger partial charge in [-0.1, -0.05) is 35.9 Å². The number of allylic oxidation sites excluding steroid dienone is 1. The topological polar surface area (TPSA) is 75.3 Å². The molecule has 1 aliphatic carbocycles. The largest absolute Gasteiger partial charge is 0.352 e. The number of rotatable bonds is 7. The minimum atomic E-state index is -3.77. The average molecular weight is 399 g/mol. The maximum atomic E-state index is 12.7. The van der Waals surface area contributed by atoms with Gasteiger partial charge in [-0.15, -0.1) is 0 Å². The van der Waals surface area contributed by atoms with Crippen LogP contribution in [0, 0.1) is 6.92 Å². The molecule has 6 heteroatoms. The lowest BCUT2D eigenvalue weighted by molar-refractivity contribution is 0.0954. The van der Waals surface area contributed by atoms with Crippen LogP contribution in [0.25, 0.3) is 0 Å². The number of carbonyl (C=O) groups is 1. The fourth-order valence-corrected chi connectivity index (χ4v) is 4.44.